The molecular formula is C23H24O10. The third-order valence-corrected chi connectivity index (χ3v) is 6.04. The predicted molar refractivity (Wildman–Crippen MR) is 115 cm³/mol. The first-order valence-electron chi connectivity index (χ1n) is 10.6. The molecule has 5 rings (SSSR count). The molecule has 10 nitrogen and oxygen atoms in total. The van der Waals surface area contributed by atoms with E-state index >= 15 is 0 Å². The zero-order valence-electron chi connectivity index (χ0n) is 17.9. The van der Waals surface area contributed by atoms with E-state index in [0.717, 1.165) is 0 Å². The van der Waals surface area contributed by atoms with Crippen LogP contribution in [0.15, 0.2) is 33.5 Å². The van der Waals surface area contributed by atoms with Crippen LogP contribution in [0.5, 0.6) is 17.2 Å². The molecule has 0 unspecified atom stereocenters. The lowest BCUT2D eigenvalue weighted by Crippen LogP contribution is -2.60. The van der Waals surface area contributed by atoms with Crippen molar-refractivity contribution in [3.8, 4) is 17.2 Å². The summed E-state index contributed by atoms with van der Waals surface area (Å²) in [5.74, 6) is 1.11. The highest BCUT2D eigenvalue weighted by Crippen LogP contribution is 2.41. The van der Waals surface area contributed by atoms with Crippen molar-refractivity contribution in [1.82, 2.24) is 0 Å². The standard InChI is InChI=1S/C23H24O10/c1-9(2)17-13(31-23-20(27)19(26)18(25)16(7-24)32-23)4-3-10-11-5-14-15(30-8-29-14)6-12(11)22(28)33-21(10)17/h3-6,9,16,18-20,23-27H,7-8H2,1-2H3/t16-,18-,19+,20-,23-/m1/s1. The second-order valence-electron chi connectivity index (χ2n) is 8.46. The van der Waals surface area contributed by atoms with Crippen LogP contribution in [0.25, 0.3) is 21.7 Å². The van der Waals surface area contributed by atoms with Gasteiger partial charge in [-0.25, -0.2) is 4.79 Å². The number of hydrogen-bond donors (Lipinski definition) is 4. The summed E-state index contributed by atoms with van der Waals surface area (Å²) in [5.41, 5.74) is 0.312. The van der Waals surface area contributed by atoms with Crippen molar-refractivity contribution in [2.75, 3.05) is 13.4 Å². The van der Waals surface area contributed by atoms with Crippen LogP contribution in [0.4, 0.5) is 0 Å². The van der Waals surface area contributed by atoms with Gasteiger partial charge in [0, 0.05) is 16.3 Å². The van der Waals surface area contributed by atoms with Gasteiger partial charge in [-0.3, -0.25) is 0 Å². The number of benzene rings is 2. The van der Waals surface area contributed by atoms with Crippen LogP contribution < -0.4 is 19.8 Å². The number of fused-ring (bicyclic) bond motifs is 4. The number of aliphatic hydroxyl groups is 4. The second-order valence-corrected chi connectivity index (χ2v) is 8.46. The molecule has 3 heterocycles. The molecule has 2 aliphatic heterocycles. The van der Waals surface area contributed by atoms with E-state index in [9.17, 15) is 25.2 Å². The molecule has 1 fully saturated rings. The van der Waals surface area contributed by atoms with Crippen LogP contribution in [0.3, 0.4) is 0 Å². The normalized spacial score (nSPS) is 26.9. The number of hydrogen-bond acceptors (Lipinski definition) is 10. The Morgan fingerprint density at radius 1 is 1.00 bits per heavy atom. The molecule has 5 atom stereocenters. The molecule has 176 valence electrons. The van der Waals surface area contributed by atoms with Crippen molar-refractivity contribution in [3.63, 3.8) is 0 Å². The molecule has 1 saturated heterocycles. The summed E-state index contributed by atoms with van der Waals surface area (Å²) in [6.07, 6.45) is -7.11. The molecule has 0 aliphatic carbocycles. The summed E-state index contributed by atoms with van der Waals surface area (Å²) in [6.45, 7) is 3.28. The quantitative estimate of drug-likeness (QED) is 0.328. The second kappa shape index (κ2) is 8.15. The topological polar surface area (TPSA) is 148 Å². The number of aliphatic hydroxyl groups excluding tert-OH is 4. The van der Waals surface area contributed by atoms with Crippen LogP contribution in [0.1, 0.15) is 25.3 Å². The summed E-state index contributed by atoms with van der Waals surface area (Å²) in [4.78, 5) is 12.8. The van der Waals surface area contributed by atoms with Crippen LogP contribution in [0, 0.1) is 0 Å². The van der Waals surface area contributed by atoms with E-state index < -0.39 is 42.9 Å². The van der Waals surface area contributed by atoms with Crippen LogP contribution in [-0.4, -0.2) is 64.5 Å². The van der Waals surface area contributed by atoms with Crippen LogP contribution >= 0.6 is 0 Å². The Morgan fingerprint density at radius 3 is 2.36 bits per heavy atom. The maximum Gasteiger partial charge on any atom is 0.344 e. The van der Waals surface area contributed by atoms with Gasteiger partial charge in [-0.2, -0.15) is 0 Å². The molecule has 0 bridgehead atoms. The lowest BCUT2D eigenvalue weighted by atomic mass is 9.96. The minimum atomic E-state index is -1.57. The van der Waals surface area contributed by atoms with Crippen molar-refractivity contribution >= 4 is 21.7 Å². The largest absolute Gasteiger partial charge is 0.462 e. The van der Waals surface area contributed by atoms with E-state index in [1.807, 2.05) is 13.8 Å². The first kappa shape index (κ1) is 21.9. The third-order valence-electron chi connectivity index (χ3n) is 6.04. The van der Waals surface area contributed by atoms with E-state index in [-0.39, 0.29) is 18.5 Å². The van der Waals surface area contributed by atoms with Gasteiger partial charge in [0.15, 0.2) is 11.5 Å². The SMILES string of the molecule is CC(C)c1c(O[C@@H]2O[C@H](CO)[C@@H](O)[C@H](O)[C@H]2O)ccc2c1oc(=O)c1cc3c(cc12)OCO3. The Labute approximate surface area is 187 Å². The van der Waals surface area contributed by atoms with Gasteiger partial charge >= 0.3 is 5.63 Å². The highest BCUT2D eigenvalue weighted by molar-refractivity contribution is 6.07. The van der Waals surface area contributed by atoms with Crippen molar-refractivity contribution in [2.45, 2.75) is 50.5 Å². The van der Waals surface area contributed by atoms with Crippen LogP contribution in [-0.2, 0) is 4.74 Å². The highest BCUT2D eigenvalue weighted by atomic mass is 16.7. The highest BCUT2D eigenvalue weighted by Gasteiger charge is 2.45. The van der Waals surface area contributed by atoms with Gasteiger partial charge in [-0.15, -0.1) is 0 Å². The Morgan fingerprint density at radius 2 is 1.70 bits per heavy atom. The van der Waals surface area contributed by atoms with E-state index in [1.165, 1.54) is 0 Å². The first-order valence-corrected chi connectivity index (χ1v) is 10.6. The van der Waals surface area contributed by atoms with E-state index in [2.05, 4.69) is 0 Å². The molecule has 0 saturated carbocycles. The van der Waals surface area contributed by atoms with Gasteiger partial charge in [-0.05, 0) is 30.2 Å². The smallest absolute Gasteiger partial charge is 0.344 e. The summed E-state index contributed by atoms with van der Waals surface area (Å²) in [6, 6.07) is 6.70. The third kappa shape index (κ3) is 3.51. The molecule has 3 aromatic rings. The molecule has 2 aliphatic rings. The van der Waals surface area contributed by atoms with Crippen molar-refractivity contribution in [3.05, 3.63) is 40.2 Å². The Bertz CT molecular complexity index is 1260. The molecule has 0 radical (unpaired) electrons. The summed E-state index contributed by atoms with van der Waals surface area (Å²) >= 11 is 0. The molecule has 0 spiro atoms. The maximum absolute atomic E-state index is 12.8. The molecule has 1 aromatic heterocycles. The molecule has 0 amide bonds. The molecule has 2 aromatic carbocycles. The fraction of sp³-hybridized carbons (Fsp3) is 0.435. The monoisotopic (exact) mass is 460 g/mol. The minimum Gasteiger partial charge on any atom is -0.462 e. The van der Waals surface area contributed by atoms with Crippen molar-refractivity contribution in [1.29, 1.82) is 0 Å². The van der Waals surface area contributed by atoms with Crippen molar-refractivity contribution in [2.24, 2.45) is 0 Å². The van der Waals surface area contributed by atoms with Gasteiger partial charge in [-0.1, -0.05) is 13.8 Å². The van der Waals surface area contributed by atoms with Gasteiger partial charge in [0.1, 0.15) is 35.7 Å². The van der Waals surface area contributed by atoms with Gasteiger partial charge in [0.2, 0.25) is 13.1 Å². The Kier molecular flexibility index (Phi) is 5.42. The lowest BCUT2D eigenvalue weighted by Gasteiger charge is -2.39. The summed E-state index contributed by atoms with van der Waals surface area (Å²) in [7, 11) is 0. The first-order chi connectivity index (χ1) is 15.8. The fourth-order valence-electron chi connectivity index (χ4n) is 4.32. The van der Waals surface area contributed by atoms with E-state index in [4.69, 9.17) is 23.4 Å². The maximum atomic E-state index is 12.8. The lowest BCUT2D eigenvalue weighted by molar-refractivity contribution is -0.277. The Balaban J connectivity index is 1.63. The molecule has 33 heavy (non-hydrogen) atoms. The fourth-order valence-corrected chi connectivity index (χ4v) is 4.32. The Hall–Kier alpha value is -2.89. The van der Waals surface area contributed by atoms with Crippen molar-refractivity contribution < 1.29 is 43.8 Å². The van der Waals surface area contributed by atoms with E-state index in [1.54, 1.807) is 24.3 Å². The van der Waals surface area contributed by atoms with Gasteiger partial charge in [0.25, 0.3) is 0 Å². The predicted octanol–water partition coefficient (Wildman–Crippen LogP) is 0.977. The molecular weight excluding hydrogens is 436 g/mol. The number of rotatable bonds is 4. The molecule has 4 N–H and O–H groups in total. The summed E-state index contributed by atoms with van der Waals surface area (Å²) in [5, 5.41) is 41.5. The zero-order chi connectivity index (χ0) is 23.4. The van der Waals surface area contributed by atoms with Gasteiger partial charge in [0.05, 0.1) is 12.0 Å². The average molecular weight is 460 g/mol. The van der Waals surface area contributed by atoms with Crippen LogP contribution in [0.2, 0.25) is 0 Å². The van der Waals surface area contributed by atoms with Gasteiger partial charge < -0.3 is 43.8 Å². The zero-order valence-corrected chi connectivity index (χ0v) is 17.9. The average Bonchev–Trinajstić information content (AvgIpc) is 3.25. The number of ether oxygens (including phenoxy) is 4. The minimum absolute atomic E-state index is 0.0727. The van der Waals surface area contributed by atoms with E-state index in [0.29, 0.717) is 38.8 Å². The summed E-state index contributed by atoms with van der Waals surface area (Å²) < 4.78 is 27.9. The molecule has 10 heteroatoms.